The molecule has 0 bridgehead atoms. The average Bonchev–Trinajstić information content (AvgIpc) is 2.94. The fraction of sp³-hybridized carbons (Fsp3) is 0.615. The quantitative estimate of drug-likeness (QED) is 0.868. The third kappa shape index (κ3) is 3.04. The van der Waals surface area contributed by atoms with Crippen LogP contribution in [0.4, 0.5) is 0 Å². The van der Waals surface area contributed by atoms with Crippen molar-refractivity contribution in [3.8, 4) is 0 Å². The summed E-state index contributed by atoms with van der Waals surface area (Å²) in [4.78, 5) is 10.7. The Bertz CT molecular complexity index is 611. The van der Waals surface area contributed by atoms with E-state index in [0.717, 1.165) is 31.7 Å². The van der Waals surface area contributed by atoms with E-state index >= 15 is 0 Å². The Labute approximate surface area is 118 Å². The minimum absolute atomic E-state index is 0.0136. The molecule has 1 fully saturated rings. The summed E-state index contributed by atoms with van der Waals surface area (Å²) in [6.07, 6.45) is 4.23. The second-order valence-electron chi connectivity index (χ2n) is 5.68. The van der Waals surface area contributed by atoms with Crippen molar-refractivity contribution in [1.29, 1.82) is 0 Å². The van der Waals surface area contributed by atoms with Gasteiger partial charge in [0.1, 0.15) is 10.7 Å². The van der Waals surface area contributed by atoms with Crippen molar-refractivity contribution in [2.45, 2.75) is 44.4 Å². The SMILES string of the molecule is Cc1oc(C(=O)O)cc1S(=O)(=O)NCC1(C)CCCC1. The largest absolute Gasteiger partial charge is 0.475 e. The lowest BCUT2D eigenvalue weighted by Crippen LogP contribution is -2.34. The van der Waals surface area contributed by atoms with E-state index < -0.39 is 16.0 Å². The topological polar surface area (TPSA) is 96.6 Å². The molecule has 1 saturated carbocycles. The molecule has 0 unspecified atom stereocenters. The molecule has 0 aromatic carbocycles. The zero-order valence-corrected chi connectivity index (χ0v) is 12.4. The molecule has 0 atom stereocenters. The average molecular weight is 301 g/mol. The van der Waals surface area contributed by atoms with Gasteiger partial charge in [-0.05, 0) is 25.2 Å². The van der Waals surface area contributed by atoms with Gasteiger partial charge in [0.25, 0.3) is 0 Å². The molecule has 1 aliphatic rings. The molecule has 1 aromatic rings. The first-order chi connectivity index (χ1) is 9.23. The Balaban J connectivity index is 2.16. The molecule has 1 heterocycles. The van der Waals surface area contributed by atoms with Crippen LogP contribution in [0.5, 0.6) is 0 Å². The maximum Gasteiger partial charge on any atom is 0.371 e. The minimum Gasteiger partial charge on any atom is -0.475 e. The highest BCUT2D eigenvalue weighted by Gasteiger charge is 2.31. The number of aromatic carboxylic acids is 1. The van der Waals surface area contributed by atoms with Crippen molar-refractivity contribution in [2.24, 2.45) is 5.41 Å². The molecule has 1 aliphatic carbocycles. The molecule has 0 radical (unpaired) electrons. The van der Waals surface area contributed by atoms with Crippen LogP contribution in [0.25, 0.3) is 0 Å². The van der Waals surface area contributed by atoms with Gasteiger partial charge in [-0.2, -0.15) is 0 Å². The van der Waals surface area contributed by atoms with Crippen molar-refractivity contribution < 1.29 is 22.7 Å². The van der Waals surface area contributed by atoms with Gasteiger partial charge >= 0.3 is 5.97 Å². The summed E-state index contributed by atoms with van der Waals surface area (Å²) in [6, 6.07) is 1.05. The van der Waals surface area contributed by atoms with Crippen molar-refractivity contribution in [3.63, 3.8) is 0 Å². The van der Waals surface area contributed by atoms with Crippen molar-refractivity contribution >= 4 is 16.0 Å². The Morgan fingerprint density at radius 3 is 2.55 bits per heavy atom. The summed E-state index contributed by atoms with van der Waals surface area (Å²) in [6.45, 7) is 3.87. The van der Waals surface area contributed by atoms with E-state index in [9.17, 15) is 13.2 Å². The number of furan rings is 1. The van der Waals surface area contributed by atoms with Crippen LogP contribution in [0.1, 0.15) is 48.9 Å². The standard InChI is InChI=1S/C13H19NO5S/c1-9-11(7-10(19-9)12(15)16)20(17,18)14-8-13(2)5-3-4-6-13/h7,14H,3-6,8H2,1-2H3,(H,15,16). The molecule has 0 saturated heterocycles. The number of carbonyl (C=O) groups is 1. The molecule has 2 rings (SSSR count). The second-order valence-corrected chi connectivity index (χ2v) is 7.41. The number of rotatable bonds is 5. The molecule has 0 aliphatic heterocycles. The zero-order chi connectivity index (χ0) is 15.0. The first kappa shape index (κ1) is 15.1. The lowest BCUT2D eigenvalue weighted by molar-refractivity contribution is 0.0661. The van der Waals surface area contributed by atoms with E-state index in [1.807, 2.05) is 0 Å². The van der Waals surface area contributed by atoms with E-state index in [1.54, 1.807) is 0 Å². The highest BCUT2D eigenvalue weighted by Crippen LogP contribution is 2.37. The van der Waals surface area contributed by atoms with Crippen LogP contribution in [0.3, 0.4) is 0 Å². The van der Waals surface area contributed by atoms with E-state index in [1.165, 1.54) is 6.92 Å². The van der Waals surface area contributed by atoms with Gasteiger partial charge in [-0.3, -0.25) is 0 Å². The Hall–Kier alpha value is -1.34. The van der Waals surface area contributed by atoms with Gasteiger partial charge in [-0.25, -0.2) is 17.9 Å². The van der Waals surface area contributed by atoms with Gasteiger partial charge in [0.15, 0.2) is 0 Å². The van der Waals surface area contributed by atoms with Crippen LogP contribution in [0, 0.1) is 12.3 Å². The van der Waals surface area contributed by atoms with E-state index in [2.05, 4.69) is 11.6 Å². The molecule has 7 heteroatoms. The van der Waals surface area contributed by atoms with Crippen molar-refractivity contribution in [1.82, 2.24) is 4.72 Å². The van der Waals surface area contributed by atoms with Gasteiger partial charge in [0.2, 0.25) is 15.8 Å². The number of carboxylic acid groups (broad SMARTS) is 1. The number of sulfonamides is 1. The van der Waals surface area contributed by atoms with E-state index in [0.29, 0.717) is 6.54 Å². The maximum atomic E-state index is 12.2. The maximum absolute atomic E-state index is 12.2. The smallest absolute Gasteiger partial charge is 0.371 e. The molecular formula is C13H19NO5S. The number of carboxylic acids is 1. The van der Waals surface area contributed by atoms with Crippen molar-refractivity contribution in [3.05, 3.63) is 17.6 Å². The molecule has 0 amide bonds. The van der Waals surface area contributed by atoms with Crippen LogP contribution in [-0.4, -0.2) is 26.0 Å². The van der Waals surface area contributed by atoms with Gasteiger partial charge in [-0.1, -0.05) is 19.8 Å². The highest BCUT2D eigenvalue weighted by atomic mass is 32.2. The monoisotopic (exact) mass is 301 g/mol. The van der Waals surface area contributed by atoms with Crippen LogP contribution in [0.15, 0.2) is 15.4 Å². The third-order valence-electron chi connectivity index (χ3n) is 3.87. The second kappa shape index (κ2) is 5.21. The fourth-order valence-corrected chi connectivity index (χ4v) is 3.97. The molecule has 1 aromatic heterocycles. The Kier molecular flexibility index (Phi) is 3.93. The van der Waals surface area contributed by atoms with E-state index in [-0.39, 0.29) is 21.8 Å². The molecule has 2 N–H and O–H groups in total. The first-order valence-corrected chi connectivity index (χ1v) is 8.05. The lowest BCUT2D eigenvalue weighted by Gasteiger charge is -2.23. The van der Waals surface area contributed by atoms with Gasteiger partial charge < -0.3 is 9.52 Å². The van der Waals surface area contributed by atoms with Crippen LogP contribution in [-0.2, 0) is 10.0 Å². The predicted octanol–water partition coefficient (Wildman–Crippen LogP) is 2.14. The van der Waals surface area contributed by atoms with Crippen LogP contribution >= 0.6 is 0 Å². The first-order valence-electron chi connectivity index (χ1n) is 6.57. The summed E-state index contributed by atoms with van der Waals surface area (Å²) in [5.74, 6) is -1.56. The van der Waals surface area contributed by atoms with Crippen LogP contribution in [0.2, 0.25) is 0 Å². The summed E-state index contributed by atoms with van der Waals surface area (Å²) < 4.78 is 32.0. The number of hydrogen-bond acceptors (Lipinski definition) is 4. The highest BCUT2D eigenvalue weighted by molar-refractivity contribution is 7.89. The number of hydrogen-bond donors (Lipinski definition) is 2. The fourth-order valence-electron chi connectivity index (χ4n) is 2.59. The Morgan fingerprint density at radius 2 is 2.05 bits per heavy atom. The van der Waals surface area contributed by atoms with Crippen LogP contribution < -0.4 is 4.72 Å². The van der Waals surface area contributed by atoms with Gasteiger partial charge in [-0.15, -0.1) is 0 Å². The lowest BCUT2D eigenvalue weighted by atomic mass is 9.89. The summed E-state index contributed by atoms with van der Waals surface area (Å²) in [5, 5.41) is 8.82. The summed E-state index contributed by atoms with van der Waals surface area (Å²) >= 11 is 0. The number of nitrogens with one attached hydrogen (secondary N) is 1. The molecule has 20 heavy (non-hydrogen) atoms. The molecule has 0 spiro atoms. The summed E-state index contributed by atoms with van der Waals surface area (Å²) in [7, 11) is -3.74. The minimum atomic E-state index is -3.74. The molecule has 112 valence electrons. The molecular weight excluding hydrogens is 282 g/mol. The zero-order valence-electron chi connectivity index (χ0n) is 11.6. The predicted molar refractivity (Wildman–Crippen MR) is 72.2 cm³/mol. The normalized spacial score (nSPS) is 18.3. The third-order valence-corrected chi connectivity index (χ3v) is 5.38. The molecule has 6 nitrogen and oxygen atoms in total. The van der Waals surface area contributed by atoms with Gasteiger partial charge in [0, 0.05) is 12.6 Å². The summed E-state index contributed by atoms with van der Waals surface area (Å²) in [5.41, 5.74) is -0.0136. The van der Waals surface area contributed by atoms with Gasteiger partial charge in [0.05, 0.1) is 0 Å². The Morgan fingerprint density at radius 1 is 1.45 bits per heavy atom. The van der Waals surface area contributed by atoms with Crippen molar-refractivity contribution in [2.75, 3.05) is 6.54 Å². The number of aryl methyl sites for hydroxylation is 1. The van der Waals surface area contributed by atoms with E-state index in [4.69, 9.17) is 9.52 Å².